The third kappa shape index (κ3) is 4.53. The highest BCUT2D eigenvalue weighted by Gasteiger charge is 2.35. The minimum atomic E-state index is -0.621. The largest absolute Gasteiger partial charge is 0.369 e. The first-order valence-electron chi connectivity index (χ1n) is 9.22. The molecule has 7 nitrogen and oxygen atoms in total. The number of aryl methyl sites for hydroxylation is 1. The van der Waals surface area contributed by atoms with Crippen molar-refractivity contribution in [3.63, 3.8) is 0 Å². The SMILES string of the molecule is CC1=C(C(=O)Nc2ccccc2C)C(c2cccnc2)C(C#N)=C(SCC(N)=O)N1. The first-order valence-corrected chi connectivity index (χ1v) is 10.2. The fraction of sp³-hybridized carbons (Fsp3) is 0.182. The molecule has 2 amide bonds. The quantitative estimate of drug-likeness (QED) is 0.662. The van der Waals surface area contributed by atoms with Crippen LogP contribution in [0.3, 0.4) is 0 Å². The molecule has 1 aromatic heterocycles. The number of hydrogen-bond acceptors (Lipinski definition) is 6. The van der Waals surface area contributed by atoms with Crippen LogP contribution in [0.15, 0.2) is 70.7 Å². The fourth-order valence-corrected chi connectivity index (χ4v) is 4.08. The maximum Gasteiger partial charge on any atom is 0.254 e. The van der Waals surface area contributed by atoms with Crippen molar-refractivity contribution in [3.05, 3.63) is 81.8 Å². The van der Waals surface area contributed by atoms with E-state index >= 15 is 0 Å². The number of carbonyl (C=O) groups excluding carboxylic acids is 2. The van der Waals surface area contributed by atoms with E-state index in [0.717, 1.165) is 17.3 Å². The second-order valence-corrected chi connectivity index (χ2v) is 7.75. The molecule has 0 saturated carbocycles. The number of thioether (sulfide) groups is 1. The van der Waals surface area contributed by atoms with Crippen LogP contribution in [0.2, 0.25) is 0 Å². The summed E-state index contributed by atoms with van der Waals surface area (Å²) in [6, 6.07) is 13.3. The number of para-hydroxylation sites is 1. The third-order valence-electron chi connectivity index (χ3n) is 4.66. The topological polar surface area (TPSA) is 121 Å². The maximum atomic E-state index is 13.3. The Labute approximate surface area is 179 Å². The minimum absolute atomic E-state index is 0.0191. The van der Waals surface area contributed by atoms with E-state index in [9.17, 15) is 14.9 Å². The summed E-state index contributed by atoms with van der Waals surface area (Å²) in [7, 11) is 0. The van der Waals surface area contributed by atoms with Crippen LogP contribution in [0.4, 0.5) is 5.69 Å². The number of carbonyl (C=O) groups is 2. The van der Waals surface area contributed by atoms with E-state index in [1.807, 2.05) is 37.3 Å². The Bertz CT molecular complexity index is 1090. The van der Waals surface area contributed by atoms with Gasteiger partial charge in [-0.25, -0.2) is 0 Å². The molecular weight excluding hydrogens is 398 g/mol. The van der Waals surface area contributed by atoms with E-state index < -0.39 is 11.8 Å². The van der Waals surface area contributed by atoms with Gasteiger partial charge in [-0.15, -0.1) is 0 Å². The summed E-state index contributed by atoms with van der Waals surface area (Å²) in [6.07, 6.45) is 3.27. The Morgan fingerprint density at radius 1 is 1.27 bits per heavy atom. The zero-order valence-corrected chi connectivity index (χ0v) is 17.4. The average Bonchev–Trinajstić information content (AvgIpc) is 2.73. The number of amides is 2. The van der Waals surface area contributed by atoms with Crippen molar-refractivity contribution < 1.29 is 9.59 Å². The van der Waals surface area contributed by atoms with Crippen LogP contribution in [-0.4, -0.2) is 22.6 Å². The van der Waals surface area contributed by atoms with Gasteiger partial charge in [-0.2, -0.15) is 5.26 Å². The molecule has 2 aromatic rings. The molecule has 2 heterocycles. The lowest BCUT2D eigenvalue weighted by atomic mass is 9.82. The van der Waals surface area contributed by atoms with Crippen molar-refractivity contribution in [3.8, 4) is 6.07 Å². The first kappa shape index (κ1) is 21.1. The van der Waals surface area contributed by atoms with E-state index in [4.69, 9.17) is 5.73 Å². The van der Waals surface area contributed by atoms with E-state index in [0.29, 0.717) is 33.1 Å². The smallest absolute Gasteiger partial charge is 0.254 e. The summed E-state index contributed by atoms with van der Waals surface area (Å²) >= 11 is 1.15. The molecule has 1 atom stereocenters. The van der Waals surface area contributed by atoms with E-state index in [2.05, 4.69) is 21.7 Å². The van der Waals surface area contributed by atoms with Gasteiger partial charge in [0.15, 0.2) is 0 Å². The number of dihydropyridines is 1. The molecule has 1 aromatic carbocycles. The van der Waals surface area contributed by atoms with Crippen LogP contribution < -0.4 is 16.4 Å². The lowest BCUT2D eigenvalue weighted by Gasteiger charge is -2.29. The molecule has 0 aliphatic carbocycles. The molecule has 0 bridgehead atoms. The van der Waals surface area contributed by atoms with E-state index in [1.165, 1.54) is 0 Å². The Hall–Kier alpha value is -3.57. The van der Waals surface area contributed by atoms with Crippen molar-refractivity contribution in [1.82, 2.24) is 10.3 Å². The highest BCUT2D eigenvalue weighted by Crippen LogP contribution is 2.40. The summed E-state index contributed by atoms with van der Waals surface area (Å²) in [5, 5.41) is 16.5. The normalized spacial score (nSPS) is 16.0. The molecule has 152 valence electrons. The Balaban J connectivity index is 2.05. The molecule has 4 N–H and O–H groups in total. The maximum absolute atomic E-state index is 13.3. The number of nitriles is 1. The van der Waals surface area contributed by atoms with Crippen LogP contribution in [-0.2, 0) is 9.59 Å². The fourth-order valence-electron chi connectivity index (χ4n) is 3.25. The van der Waals surface area contributed by atoms with Crippen molar-refractivity contribution in [2.24, 2.45) is 5.73 Å². The molecule has 8 heteroatoms. The zero-order chi connectivity index (χ0) is 21.7. The summed E-state index contributed by atoms with van der Waals surface area (Å²) < 4.78 is 0. The Kier molecular flexibility index (Phi) is 6.54. The van der Waals surface area contributed by atoms with Gasteiger partial charge in [0.2, 0.25) is 5.91 Å². The van der Waals surface area contributed by atoms with Gasteiger partial charge in [-0.1, -0.05) is 36.0 Å². The monoisotopic (exact) mass is 419 g/mol. The first-order chi connectivity index (χ1) is 14.4. The molecule has 1 aliphatic rings. The van der Waals surface area contributed by atoms with Gasteiger partial charge in [-0.3, -0.25) is 14.6 Å². The van der Waals surface area contributed by atoms with Gasteiger partial charge in [0.1, 0.15) is 0 Å². The predicted molar refractivity (Wildman–Crippen MR) is 117 cm³/mol. The molecule has 0 saturated heterocycles. The van der Waals surface area contributed by atoms with Crippen LogP contribution in [0, 0.1) is 18.3 Å². The van der Waals surface area contributed by atoms with Crippen molar-refractivity contribution in [2.45, 2.75) is 19.8 Å². The van der Waals surface area contributed by atoms with E-state index in [1.54, 1.807) is 25.4 Å². The number of primary amides is 1. The van der Waals surface area contributed by atoms with E-state index in [-0.39, 0.29) is 11.7 Å². The number of pyridine rings is 1. The number of benzene rings is 1. The summed E-state index contributed by atoms with van der Waals surface area (Å²) in [4.78, 5) is 28.7. The number of aromatic nitrogens is 1. The number of nitrogens with two attached hydrogens (primary N) is 1. The number of hydrogen-bond donors (Lipinski definition) is 3. The van der Waals surface area contributed by atoms with Gasteiger partial charge in [0, 0.05) is 29.4 Å². The highest BCUT2D eigenvalue weighted by atomic mass is 32.2. The molecule has 0 spiro atoms. The zero-order valence-electron chi connectivity index (χ0n) is 16.6. The number of nitrogens with zero attached hydrogens (tertiary/aromatic N) is 2. The molecule has 0 fully saturated rings. The minimum Gasteiger partial charge on any atom is -0.369 e. The van der Waals surface area contributed by atoms with Crippen molar-refractivity contribution >= 4 is 29.3 Å². The summed E-state index contributed by atoms with van der Waals surface area (Å²) in [6.45, 7) is 3.68. The molecule has 3 rings (SSSR count). The lowest BCUT2D eigenvalue weighted by Crippen LogP contribution is -2.31. The van der Waals surface area contributed by atoms with Gasteiger partial charge in [-0.05, 0) is 37.1 Å². The predicted octanol–water partition coefficient (Wildman–Crippen LogP) is 2.94. The number of allylic oxidation sites excluding steroid dienone is 2. The molecule has 30 heavy (non-hydrogen) atoms. The van der Waals surface area contributed by atoms with Crippen LogP contribution >= 0.6 is 11.8 Å². The second-order valence-electron chi connectivity index (χ2n) is 6.76. The molecule has 1 aliphatic heterocycles. The summed E-state index contributed by atoms with van der Waals surface area (Å²) in [5.41, 5.74) is 8.97. The van der Waals surface area contributed by atoms with Gasteiger partial charge in [0.05, 0.1) is 28.3 Å². The molecule has 0 radical (unpaired) electrons. The molecular formula is C22H21N5O2S. The van der Waals surface area contributed by atoms with Gasteiger partial charge in [0.25, 0.3) is 5.91 Å². The second kappa shape index (κ2) is 9.29. The molecule has 1 unspecified atom stereocenters. The van der Waals surface area contributed by atoms with Crippen LogP contribution in [0.25, 0.3) is 0 Å². The lowest BCUT2D eigenvalue weighted by molar-refractivity contribution is -0.115. The Morgan fingerprint density at radius 3 is 2.67 bits per heavy atom. The third-order valence-corrected chi connectivity index (χ3v) is 5.70. The van der Waals surface area contributed by atoms with Crippen molar-refractivity contribution in [2.75, 3.05) is 11.1 Å². The van der Waals surface area contributed by atoms with Crippen molar-refractivity contribution in [1.29, 1.82) is 5.26 Å². The summed E-state index contributed by atoms with van der Waals surface area (Å²) in [5.74, 6) is -1.40. The highest BCUT2D eigenvalue weighted by molar-refractivity contribution is 8.03. The standard InChI is InChI=1S/C22H21N5O2S/c1-13-6-3-4-8-17(13)27-21(29)19-14(2)26-22(30-12-18(24)28)16(10-23)20(19)15-7-5-9-25-11-15/h3-9,11,20,26H,12H2,1-2H3,(H2,24,28)(H,27,29). The van der Waals surface area contributed by atoms with Gasteiger partial charge >= 0.3 is 0 Å². The number of rotatable bonds is 6. The van der Waals surface area contributed by atoms with Crippen LogP contribution in [0.1, 0.15) is 24.0 Å². The van der Waals surface area contributed by atoms with Crippen LogP contribution in [0.5, 0.6) is 0 Å². The average molecular weight is 420 g/mol. The number of anilines is 1. The Morgan fingerprint density at radius 2 is 2.03 bits per heavy atom. The van der Waals surface area contributed by atoms with Gasteiger partial charge < -0.3 is 16.4 Å². The number of nitrogens with one attached hydrogen (secondary N) is 2.